The summed E-state index contributed by atoms with van der Waals surface area (Å²) in [6.45, 7) is 2.89. The predicted octanol–water partition coefficient (Wildman–Crippen LogP) is 2.11. The number of hydrazone groups is 1. The molecule has 0 unspecified atom stereocenters. The standard InChI is InChI=1S/C16H23N5O.C5H6O5/c1-3-4-5-8-18-16(17)21-20-11-12-10-19-15-7-6-13(22-2)9-14(12)15;6-3(5(9)10)1-2-4(7)8/h6-7,9-11,19H,3-5,8H2,1-2H3,(H3,17,18,21);1-2H2,(H,7,8)(H,9,10)/b20-11+;. The van der Waals surface area contributed by atoms with Gasteiger partial charge < -0.3 is 25.7 Å². The zero-order valence-electron chi connectivity index (χ0n) is 18.1. The van der Waals surface area contributed by atoms with E-state index in [4.69, 9.17) is 20.7 Å². The zero-order valence-corrected chi connectivity index (χ0v) is 18.1. The van der Waals surface area contributed by atoms with E-state index >= 15 is 0 Å². The molecular weight excluding hydrogens is 418 g/mol. The number of carbonyl (C=O) groups is 3. The van der Waals surface area contributed by atoms with E-state index in [0.717, 1.165) is 41.6 Å². The topological polar surface area (TPSA) is 179 Å². The van der Waals surface area contributed by atoms with Crippen molar-refractivity contribution in [3.8, 4) is 5.75 Å². The van der Waals surface area contributed by atoms with Gasteiger partial charge in [-0.05, 0) is 24.6 Å². The number of aliphatic carboxylic acids is 2. The molecule has 11 heteroatoms. The van der Waals surface area contributed by atoms with Crippen LogP contribution in [0, 0.1) is 0 Å². The van der Waals surface area contributed by atoms with Crippen LogP contribution in [-0.4, -0.2) is 58.7 Å². The van der Waals surface area contributed by atoms with E-state index in [-0.39, 0.29) is 0 Å². The third-order valence-corrected chi connectivity index (χ3v) is 4.15. The molecule has 1 aromatic heterocycles. The minimum atomic E-state index is -1.58. The number of hydrogen-bond donors (Lipinski definition) is 5. The van der Waals surface area contributed by atoms with Crippen LogP contribution < -0.4 is 15.9 Å². The van der Waals surface area contributed by atoms with Crippen molar-refractivity contribution in [3.63, 3.8) is 0 Å². The number of hydrogen-bond acceptors (Lipinski definition) is 6. The molecule has 0 atom stereocenters. The summed E-state index contributed by atoms with van der Waals surface area (Å²) in [5.74, 6) is -2.67. The van der Waals surface area contributed by atoms with Crippen LogP contribution in [-0.2, 0) is 14.4 Å². The van der Waals surface area contributed by atoms with Crippen LogP contribution >= 0.6 is 0 Å². The number of guanidine groups is 1. The highest BCUT2D eigenvalue weighted by atomic mass is 16.5. The fraction of sp³-hybridized carbons (Fsp3) is 0.381. The smallest absolute Gasteiger partial charge is 0.372 e. The molecule has 174 valence electrons. The van der Waals surface area contributed by atoms with Gasteiger partial charge in [0.05, 0.1) is 19.7 Å². The van der Waals surface area contributed by atoms with Crippen molar-refractivity contribution in [2.75, 3.05) is 13.7 Å². The predicted molar refractivity (Wildman–Crippen MR) is 121 cm³/mol. The molecule has 11 nitrogen and oxygen atoms in total. The number of aromatic amines is 1. The number of carbonyl (C=O) groups excluding carboxylic acids is 1. The second-order valence-corrected chi connectivity index (χ2v) is 6.62. The molecule has 1 aromatic carbocycles. The van der Waals surface area contributed by atoms with Crippen LogP contribution in [0.15, 0.2) is 34.5 Å². The van der Waals surface area contributed by atoms with E-state index in [2.05, 4.69) is 27.4 Å². The number of ketones is 1. The van der Waals surface area contributed by atoms with E-state index in [1.165, 1.54) is 6.42 Å². The Bertz CT molecular complexity index is 967. The Morgan fingerprint density at radius 1 is 1.22 bits per heavy atom. The van der Waals surface area contributed by atoms with Gasteiger partial charge >= 0.3 is 11.9 Å². The lowest BCUT2D eigenvalue weighted by atomic mass is 10.2. The summed E-state index contributed by atoms with van der Waals surface area (Å²) in [6, 6.07) is 5.86. The fourth-order valence-electron chi connectivity index (χ4n) is 2.45. The van der Waals surface area contributed by atoms with Crippen molar-refractivity contribution in [2.24, 2.45) is 15.8 Å². The molecule has 0 radical (unpaired) electrons. The number of fused-ring (bicyclic) bond motifs is 1. The van der Waals surface area contributed by atoms with E-state index < -0.39 is 30.6 Å². The number of methoxy groups -OCH3 is 1. The van der Waals surface area contributed by atoms with Crippen LogP contribution in [0.4, 0.5) is 0 Å². The number of aromatic nitrogens is 1. The van der Waals surface area contributed by atoms with Crippen molar-refractivity contribution in [1.29, 1.82) is 0 Å². The number of ether oxygens (including phenoxy) is 1. The van der Waals surface area contributed by atoms with Gasteiger partial charge in [-0.25, -0.2) is 10.2 Å². The van der Waals surface area contributed by atoms with Gasteiger partial charge in [-0.1, -0.05) is 19.8 Å². The second-order valence-electron chi connectivity index (χ2n) is 6.62. The van der Waals surface area contributed by atoms with Crippen molar-refractivity contribution < 1.29 is 29.3 Å². The zero-order chi connectivity index (χ0) is 23.9. The number of unbranched alkanes of at least 4 members (excludes halogenated alkanes) is 2. The quantitative estimate of drug-likeness (QED) is 0.114. The molecule has 0 aliphatic heterocycles. The SMILES string of the molecule is CCCCCN=C(N)N/N=C/c1c[nH]c2ccc(OC)cc12.O=C(O)CCC(=O)C(=O)O. The highest BCUT2D eigenvalue weighted by Gasteiger charge is 2.12. The molecule has 0 fully saturated rings. The molecule has 0 saturated heterocycles. The van der Waals surface area contributed by atoms with E-state index in [1.54, 1.807) is 13.3 Å². The molecule has 1 heterocycles. The average molecular weight is 447 g/mol. The Morgan fingerprint density at radius 2 is 1.97 bits per heavy atom. The van der Waals surface area contributed by atoms with Gasteiger partial charge in [0.15, 0.2) is 0 Å². The van der Waals surface area contributed by atoms with Crippen molar-refractivity contribution in [2.45, 2.75) is 39.0 Å². The molecule has 6 N–H and O–H groups in total. The summed E-state index contributed by atoms with van der Waals surface area (Å²) in [6.07, 6.45) is 6.12. The lowest BCUT2D eigenvalue weighted by molar-refractivity contribution is -0.149. The van der Waals surface area contributed by atoms with Crippen molar-refractivity contribution >= 4 is 40.8 Å². The van der Waals surface area contributed by atoms with Crippen LogP contribution in [0.1, 0.15) is 44.6 Å². The molecule has 0 spiro atoms. The Morgan fingerprint density at radius 3 is 2.59 bits per heavy atom. The molecule has 2 aromatic rings. The van der Waals surface area contributed by atoms with E-state index in [0.29, 0.717) is 5.96 Å². The van der Waals surface area contributed by atoms with Gasteiger partial charge in [0.2, 0.25) is 11.7 Å². The molecule has 2 rings (SSSR count). The second kappa shape index (κ2) is 14.2. The Kier molecular flexibility index (Phi) is 11.6. The van der Waals surface area contributed by atoms with Crippen LogP contribution in [0.3, 0.4) is 0 Å². The van der Waals surface area contributed by atoms with E-state index in [9.17, 15) is 14.4 Å². The van der Waals surface area contributed by atoms with Crippen LogP contribution in [0.5, 0.6) is 5.75 Å². The molecule has 0 bridgehead atoms. The van der Waals surface area contributed by atoms with Gasteiger partial charge in [0.25, 0.3) is 0 Å². The minimum absolute atomic E-state index is 0.338. The Balaban J connectivity index is 0.000000433. The lowest BCUT2D eigenvalue weighted by Crippen LogP contribution is -2.27. The Hall–Kier alpha value is -3.89. The highest BCUT2D eigenvalue weighted by Crippen LogP contribution is 2.22. The molecule has 0 saturated carbocycles. The summed E-state index contributed by atoms with van der Waals surface area (Å²) >= 11 is 0. The first-order valence-corrected chi connectivity index (χ1v) is 10.0. The number of Topliss-reactive ketones (excluding diaryl/α,β-unsaturated/α-hetero) is 1. The third kappa shape index (κ3) is 9.74. The monoisotopic (exact) mass is 447 g/mol. The van der Waals surface area contributed by atoms with Gasteiger partial charge in [-0.15, -0.1) is 0 Å². The summed E-state index contributed by atoms with van der Waals surface area (Å²) in [5.41, 5.74) is 10.5. The van der Waals surface area contributed by atoms with Gasteiger partial charge in [0, 0.05) is 35.6 Å². The number of nitrogens with one attached hydrogen (secondary N) is 2. The van der Waals surface area contributed by atoms with Crippen LogP contribution in [0.2, 0.25) is 0 Å². The normalized spacial score (nSPS) is 11.1. The number of rotatable bonds is 11. The summed E-state index contributed by atoms with van der Waals surface area (Å²) in [7, 11) is 1.65. The number of H-pyrrole nitrogens is 1. The van der Waals surface area contributed by atoms with Gasteiger partial charge in [-0.2, -0.15) is 5.10 Å². The average Bonchev–Trinajstić information content (AvgIpc) is 3.17. The first-order chi connectivity index (χ1) is 15.3. The van der Waals surface area contributed by atoms with Gasteiger partial charge in [0.1, 0.15) is 5.75 Å². The number of benzene rings is 1. The highest BCUT2D eigenvalue weighted by molar-refractivity contribution is 6.32. The molecule has 0 aliphatic rings. The van der Waals surface area contributed by atoms with Crippen LogP contribution in [0.25, 0.3) is 10.9 Å². The van der Waals surface area contributed by atoms with E-state index in [1.807, 2.05) is 24.4 Å². The van der Waals surface area contributed by atoms with Gasteiger partial charge in [-0.3, -0.25) is 14.6 Å². The lowest BCUT2D eigenvalue weighted by Gasteiger charge is -2.00. The molecule has 32 heavy (non-hydrogen) atoms. The van der Waals surface area contributed by atoms with Crippen molar-refractivity contribution in [1.82, 2.24) is 10.4 Å². The number of carboxylic acids is 2. The summed E-state index contributed by atoms with van der Waals surface area (Å²) in [5, 5.41) is 21.1. The first-order valence-electron chi connectivity index (χ1n) is 10.0. The Labute approximate surface area is 185 Å². The summed E-state index contributed by atoms with van der Waals surface area (Å²) < 4.78 is 5.24. The number of aliphatic imine (C=N–C) groups is 1. The number of nitrogens with zero attached hydrogens (tertiary/aromatic N) is 2. The third-order valence-electron chi connectivity index (χ3n) is 4.15. The fourth-order valence-corrected chi connectivity index (χ4v) is 2.45. The number of nitrogens with two attached hydrogens (primary N) is 1. The maximum atomic E-state index is 10.2. The largest absolute Gasteiger partial charge is 0.497 e. The number of carboxylic acid groups (broad SMARTS) is 2. The summed E-state index contributed by atoms with van der Waals surface area (Å²) in [4.78, 5) is 37.1. The first kappa shape index (κ1) is 26.1. The minimum Gasteiger partial charge on any atom is -0.497 e. The maximum absolute atomic E-state index is 10.2. The van der Waals surface area contributed by atoms with Crippen molar-refractivity contribution in [3.05, 3.63) is 30.0 Å². The molecule has 0 amide bonds. The molecule has 0 aliphatic carbocycles. The molecular formula is C21H29N5O6. The maximum Gasteiger partial charge on any atom is 0.372 e.